The summed E-state index contributed by atoms with van der Waals surface area (Å²) in [5, 5.41) is 3.18. The second-order valence-corrected chi connectivity index (χ2v) is 5.30. The van der Waals surface area contributed by atoms with Gasteiger partial charge in [0.2, 0.25) is 5.82 Å². The van der Waals surface area contributed by atoms with Crippen LogP contribution in [0.1, 0.15) is 37.0 Å². The Labute approximate surface area is 135 Å². The minimum absolute atomic E-state index is 0.0177. The molecule has 2 rings (SSSR count). The average Bonchev–Trinajstić information content (AvgIpc) is 2.97. The minimum atomic E-state index is -4.78. The Morgan fingerprint density at radius 3 is 2.46 bits per heavy atom. The lowest BCUT2D eigenvalue weighted by Crippen LogP contribution is -2.37. The molecular formula is C15H15F4N3O2. The van der Waals surface area contributed by atoms with Gasteiger partial charge in [-0.1, -0.05) is 11.2 Å². The van der Waals surface area contributed by atoms with Crippen molar-refractivity contribution in [1.82, 2.24) is 15.0 Å². The molecule has 0 saturated heterocycles. The van der Waals surface area contributed by atoms with Crippen LogP contribution in [-0.4, -0.2) is 33.5 Å². The number of amides is 1. The van der Waals surface area contributed by atoms with Crippen molar-refractivity contribution in [3.8, 4) is 11.4 Å². The van der Waals surface area contributed by atoms with E-state index >= 15 is 0 Å². The SMILES string of the molecule is CCN(C(=O)c1ccc(-c2noc(C(F)(F)F)n2)cc1F)C(C)C. The van der Waals surface area contributed by atoms with E-state index in [-0.39, 0.29) is 17.2 Å². The van der Waals surface area contributed by atoms with Gasteiger partial charge in [-0.25, -0.2) is 4.39 Å². The lowest BCUT2D eigenvalue weighted by molar-refractivity contribution is -0.159. The highest BCUT2D eigenvalue weighted by Gasteiger charge is 2.38. The number of nitrogens with zero attached hydrogens (tertiary/aromatic N) is 3. The maximum Gasteiger partial charge on any atom is 0.471 e. The quantitative estimate of drug-likeness (QED) is 0.792. The molecule has 24 heavy (non-hydrogen) atoms. The van der Waals surface area contributed by atoms with Crippen LogP contribution in [0.4, 0.5) is 17.6 Å². The maximum atomic E-state index is 14.2. The molecule has 2 aromatic rings. The molecule has 1 heterocycles. The van der Waals surface area contributed by atoms with Gasteiger partial charge >= 0.3 is 12.1 Å². The second kappa shape index (κ2) is 6.58. The van der Waals surface area contributed by atoms with E-state index in [1.54, 1.807) is 20.8 Å². The van der Waals surface area contributed by atoms with Gasteiger partial charge < -0.3 is 9.42 Å². The molecule has 130 valence electrons. The number of halogens is 4. The number of carbonyl (C=O) groups is 1. The third kappa shape index (κ3) is 3.55. The summed E-state index contributed by atoms with van der Waals surface area (Å²) < 4.78 is 55.7. The lowest BCUT2D eigenvalue weighted by Gasteiger charge is -2.25. The van der Waals surface area contributed by atoms with Crippen LogP contribution in [0, 0.1) is 5.82 Å². The number of hydrogen-bond donors (Lipinski definition) is 0. The molecule has 0 unspecified atom stereocenters. The number of alkyl halides is 3. The molecule has 1 amide bonds. The van der Waals surface area contributed by atoms with E-state index in [1.165, 1.54) is 17.0 Å². The maximum absolute atomic E-state index is 14.2. The Morgan fingerprint density at radius 2 is 2.00 bits per heavy atom. The lowest BCUT2D eigenvalue weighted by atomic mass is 10.1. The fourth-order valence-corrected chi connectivity index (χ4v) is 2.18. The molecule has 0 bridgehead atoms. The Kier molecular flexibility index (Phi) is 4.91. The van der Waals surface area contributed by atoms with Gasteiger partial charge in [-0.15, -0.1) is 0 Å². The van der Waals surface area contributed by atoms with E-state index in [4.69, 9.17) is 0 Å². The summed E-state index contributed by atoms with van der Waals surface area (Å²) in [5.74, 6) is -3.29. The van der Waals surface area contributed by atoms with Crippen molar-refractivity contribution < 1.29 is 26.9 Å². The van der Waals surface area contributed by atoms with Crippen molar-refractivity contribution in [2.75, 3.05) is 6.54 Å². The molecular weight excluding hydrogens is 330 g/mol. The van der Waals surface area contributed by atoms with E-state index in [0.29, 0.717) is 6.54 Å². The molecule has 1 aromatic heterocycles. The van der Waals surface area contributed by atoms with Crippen LogP contribution in [0.15, 0.2) is 22.7 Å². The van der Waals surface area contributed by atoms with Crippen LogP contribution < -0.4 is 0 Å². The number of carbonyl (C=O) groups excluding carboxylic acids is 1. The summed E-state index contributed by atoms with van der Waals surface area (Å²) in [6.07, 6.45) is -4.78. The van der Waals surface area contributed by atoms with Crippen LogP contribution in [-0.2, 0) is 6.18 Å². The van der Waals surface area contributed by atoms with Gasteiger partial charge in [-0.05, 0) is 32.9 Å². The van der Waals surface area contributed by atoms with Gasteiger partial charge in [0.1, 0.15) is 5.82 Å². The molecule has 1 aromatic carbocycles. The summed E-state index contributed by atoms with van der Waals surface area (Å²) in [5.41, 5.74) is -0.190. The molecule has 0 saturated carbocycles. The van der Waals surface area contributed by atoms with Crippen LogP contribution >= 0.6 is 0 Å². The van der Waals surface area contributed by atoms with Crippen molar-refractivity contribution in [2.24, 2.45) is 0 Å². The van der Waals surface area contributed by atoms with Crippen molar-refractivity contribution >= 4 is 5.91 Å². The van der Waals surface area contributed by atoms with Crippen LogP contribution in [0.3, 0.4) is 0 Å². The molecule has 0 fully saturated rings. The summed E-state index contributed by atoms with van der Waals surface area (Å²) in [4.78, 5) is 17.0. The normalized spacial score (nSPS) is 11.8. The third-order valence-electron chi connectivity index (χ3n) is 3.35. The zero-order valence-corrected chi connectivity index (χ0v) is 13.2. The molecule has 0 N–H and O–H groups in total. The first-order valence-electron chi connectivity index (χ1n) is 7.17. The highest BCUT2D eigenvalue weighted by atomic mass is 19.4. The predicted molar refractivity (Wildman–Crippen MR) is 76.5 cm³/mol. The van der Waals surface area contributed by atoms with E-state index in [2.05, 4.69) is 14.7 Å². The van der Waals surface area contributed by atoms with E-state index in [1.807, 2.05) is 0 Å². The molecule has 0 radical (unpaired) electrons. The summed E-state index contributed by atoms with van der Waals surface area (Å²) in [6, 6.07) is 3.26. The van der Waals surface area contributed by atoms with Gasteiger partial charge in [0.05, 0.1) is 5.56 Å². The zero-order valence-electron chi connectivity index (χ0n) is 13.2. The molecule has 5 nitrogen and oxygen atoms in total. The van der Waals surface area contributed by atoms with E-state index < -0.39 is 29.6 Å². The molecule has 0 aliphatic heterocycles. The van der Waals surface area contributed by atoms with Gasteiger partial charge in [0, 0.05) is 18.2 Å². The van der Waals surface area contributed by atoms with Gasteiger partial charge in [0.15, 0.2) is 0 Å². The standard InChI is InChI=1S/C15H15F4N3O2/c1-4-22(8(2)3)13(23)10-6-5-9(7-11(10)16)12-20-14(24-21-12)15(17,18)19/h5-8H,4H2,1-3H3. The molecule has 0 spiro atoms. The monoisotopic (exact) mass is 345 g/mol. The van der Waals surface area contributed by atoms with Crippen LogP contribution in [0.2, 0.25) is 0 Å². The highest BCUT2D eigenvalue weighted by Crippen LogP contribution is 2.29. The first-order valence-corrected chi connectivity index (χ1v) is 7.17. The smallest absolute Gasteiger partial charge is 0.336 e. The first-order chi connectivity index (χ1) is 11.1. The largest absolute Gasteiger partial charge is 0.471 e. The van der Waals surface area contributed by atoms with E-state index in [0.717, 1.165) is 6.07 Å². The fourth-order valence-electron chi connectivity index (χ4n) is 2.18. The summed E-state index contributed by atoms with van der Waals surface area (Å²) in [7, 11) is 0. The second-order valence-electron chi connectivity index (χ2n) is 5.30. The van der Waals surface area contributed by atoms with E-state index in [9.17, 15) is 22.4 Å². The number of aromatic nitrogens is 2. The topological polar surface area (TPSA) is 59.2 Å². The highest BCUT2D eigenvalue weighted by molar-refractivity contribution is 5.95. The van der Waals surface area contributed by atoms with Crippen molar-refractivity contribution in [2.45, 2.75) is 33.0 Å². The summed E-state index contributed by atoms with van der Waals surface area (Å²) in [6.45, 7) is 5.76. The number of hydrogen-bond acceptors (Lipinski definition) is 4. The number of benzene rings is 1. The number of rotatable bonds is 4. The third-order valence-corrected chi connectivity index (χ3v) is 3.35. The van der Waals surface area contributed by atoms with Crippen molar-refractivity contribution in [3.05, 3.63) is 35.5 Å². The Bertz CT molecular complexity index is 741. The zero-order chi connectivity index (χ0) is 18.1. The van der Waals surface area contributed by atoms with Gasteiger partial charge in [-0.2, -0.15) is 18.2 Å². The average molecular weight is 345 g/mol. The van der Waals surface area contributed by atoms with Gasteiger partial charge in [-0.3, -0.25) is 4.79 Å². The Balaban J connectivity index is 2.33. The first kappa shape index (κ1) is 17.9. The summed E-state index contributed by atoms with van der Waals surface area (Å²) >= 11 is 0. The van der Waals surface area contributed by atoms with Gasteiger partial charge in [0.25, 0.3) is 5.91 Å². The Morgan fingerprint density at radius 1 is 1.33 bits per heavy atom. The minimum Gasteiger partial charge on any atom is -0.336 e. The molecule has 0 aliphatic carbocycles. The van der Waals surface area contributed by atoms with Crippen LogP contribution in [0.5, 0.6) is 0 Å². The van der Waals surface area contributed by atoms with Crippen molar-refractivity contribution in [1.29, 1.82) is 0 Å². The molecule has 0 aliphatic rings. The predicted octanol–water partition coefficient (Wildman–Crippen LogP) is 3.77. The fraction of sp³-hybridized carbons (Fsp3) is 0.400. The molecule has 9 heteroatoms. The van der Waals surface area contributed by atoms with Crippen LogP contribution in [0.25, 0.3) is 11.4 Å². The Hall–Kier alpha value is -2.45. The molecule has 0 atom stereocenters. The van der Waals surface area contributed by atoms with Crippen molar-refractivity contribution in [3.63, 3.8) is 0 Å².